The molecule has 0 aliphatic carbocycles. The molecule has 2 aromatic heterocycles. The first-order chi connectivity index (χ1) is 13.7. The molecule has 1 unspecified atom stereocenters. The standard InChI is InChI=1S/C20H20FN5O2/c21-17-10-23-20(24-11-17)28-18-2-1-8-26(13-18)19(27)16-5-3-15(4-6-16)12-25-9-7-22-14-25/h3-7,9-11,14,18H,1-2,8,12-13H2. The van der Waals surface area contributed by atoms with Crippen molar-refractivity contribution in [3.63, 3.8) is 0 Å². The van der Waals surface area contributed by atoms with Crippen LogP contribution in [-0.4, -0.2) is 49.5 Å². The van der Waals surface area contributed by atoms with Gasteiger partial charge in [0.05, 0.1) is 25.3 Å². The zero-order valence-corrected chi connectivity index (χ0v) is 15.2. The largest absolute Gasteiger partial charge is 0.458 e. The highest BCUT2D eigenvalue weighted by Gasteiger charge is 2.26. The van der Waals surface area contributed by atoms with E-state index in [9.17, 15) is 9.18 Å². The van der Waals surface area contributed by atoms with Crippen LogP contribution in [0.2, 0.25) is 0 Å². The average Bonchev–Trinajstić information content (AvgIpc) is 3.23. The SMILES string of the molecule is O=C(c1ccc(Cn2ccnc2)cc1)N1CCCC(Oc2ncc(F)cn2)C1. The number of amides is 1. The van der Waals surface area contributed by atoms with E-state index in [-0.39, 0.29) is 18.0 Å². The summed E-state index contributed by atoms with van der Waals surface area (Å²) >= 11 is 0. The second kappa shape index (κ2) is 8.16. The lowest BCUT2D eigenvalue weighted by molar-refractivity contribution is 0.0515. The van der Waals surface area contributed by atoms with Gasteiger partial charge in [0.2, 0.25) is 0 Å². The van der Waals surface area contributed by atoms with Crippen LogP contribution in [0.25, 0.3) is 0 Å². The first-order valence-corrected chi connectivity index (χ1v) is 9.15. The Hall–Kier alpha value is -3.29. The molecule has 3 aromatic rings. The topological polar surface area (TPSA) is 73.1 Å². The highest BCUT2D eigenvalue weighted by molar-refractivity contribution is 5.94. The third-order valence-electron chi connectivity index (χ3n) is 4.66. The van der Waals surface area contributed by atoms with Gasteiger partial charge < -0.3 is 14.2 Å². The Morgan fingerprint density at radius 3 is 2.71 bits per heavy atom. The van der Waals surface area contributed by atoms with E-state index in [1.54, 1.807) is 17.4 Å². The molecule has 3 heterocycles. The molecular formula is C20H20FN5O2. The fourth-order valence-corrected chi connectivity index (χ4v) is 3.26. The van der Waals surface area contributed by atoms with Crippen LogP contribution in [-0.2, 0) is 6.54 Å². The van der Waals surface area contributed by atoms with Gasteiger partial charge in [-0.05, 0) is 30.5 Å². The van der Waals surface area contributed by atoms with Crippen molar-refractivity contribution in [3.8, 4) is 6.01 Å². The van der Waals surface area contributed by atoms with E-state index < -0.39 is 5.82 Å². The molecule has 1 aliphatic rings. The van der Waals surface area contributed by atoms with Crippen LogP contribution in [0.1, 0.15) is 28.8 Å². The number of hydrogen-bond acceptors (Lipinski definition) is 5. The minimum Gasteiger partial charge on any atom is -0.458 e. The number of benzene rings is 1. The van der Waals surface area contributed by atoms with Crippen molar-refractivity contribution in [1.82, 2.24) is 24.4 Å². The van der Waals surface area contributed by atoms with Gasteiger partial charge in [0, 0.05) is 31.0 Å². The van der Waals surface area contributed by atoms with Crippen molar-refractivity contribution in [2.45, 2.75) is 25.5 Å². The molecule has 0 saturated carbocycles. The molecule has 8 heteroatoms. The van der Waals surface area contributed by atoms with Crippen molar-refractivity contribution >= 4 is 5.91 Å². The number of hydrogen-bond donors (Lipinski definition) is 0. The van der Waals surface area contributed by atoms with Crippen LogP contribution < -0.4 is 4.74 Å². The average molecular weight is 381 g/mol. The number of carbonyl (C=O) groups is 1. The Balaban J connectivity index is 1.37. The van der Waals surface area contributed by atoms with Crippen molar-refractivity contribution in [2.24, 2.45) is 0 Å². The summed E-state index contributed by atoms with van der Waals surface area (Å²) in [5.74, 6) is -0.535. The number of halogens is 1. The maximum Gasteiger partial charge on any atom is 0.316 e. The Kier molecular flexibility index (Phi) is 5.27. The molecule has 4 rings (SSSR count). The molecule has 1 amide bonds. The Labute approximate surface area is 161 Å². The lowest BCUT2D eigenvalue weighted by Crippen LogP contribution is -2.44. The molecule has 1 fully saturated rings. The van der Waals surface area contributed by atoms with Crippen LogP contribution >= 0.6 is 0 Å². The number of piperidine rings is 1. The van der Waals surface area contributed by atoms with Gasteiger partial charge in [-0.3, -0.25) is 4.79 Å². The zero-order chi connectivity index (χ0) is 19.3. The first-order valence-electron chi connectivity index (χ1n) is 9.15. The second-order valence-electron chi connectivity index (χ2n) is 6.75. The molecule has 28 heavy (non-hydrogen) atoms. The second-order valence-corrected chi connectivity index (χ2v) is 6.75. The number of ether oxygens (including phenoxy) is 1. The van der Waals surface area contributed by atoms with Gasteiger partial charge in [-0.25, -0.2) is 19.3 Å². The van der Waals surface area contributed by atoms with Gasteiger partial charge in [0.25, 0.3) is 5.91 Å². The van der Waals surface area contributed by atoms with E-state index >= 15 is 0 Å². The van der Waals surface area contributed by atoms with Crippen LogP contribution in [0.3, 0.4) is 0 Å². The number of rotatable bonds is 5. The minimum atomic E-state index is -0.510. The van der Waals surface area contributed by atoms with E-state index in [0.717, 1.165) is 30.8 Å². The van der Waals surface area contributed by atoms with Crippen molar-refractivity contribution in [2.75, 3.05) is 13.1 Å². The van der Waals surface area contributed by atoms with Gasteiger partial charge in [-0.2, -0.15) is 0 Å². The van der Waals surface area contributed by atoms with E-state index in [1.807, 2.05) is 35.0 Å². The quantitative estimate of drug-likeness (QED) is 0.679. The predicted octanol–water partition coefficient (Wildman–Crippen LogP) is 2.54. The smallest absolute Gasteiger partial charge is 0.316 e. The maximum absolute atomic E-state index is 12.9. The van der Waals surface area contributed by atoms with Gasteiger partial charge in [0.1, 0.15) is 6.10 Å². The summed E-state index contributed by atoms with van der Waals surface area (Å²) in [5, 5.41) is 0. The van der Waals surface area contributed by atoms with E-state index in [1.165, 1.54) is 0 Å². The lowest BCUT2D eigenvalue weighted by atomic mass is 10.1. The van der Waals surface area contributed by atoms with E-state index in [4.69, 9.17) is 4.74 Å². The summed E-state index contributed by atoms with van der Waals surface area (Å²) in [6.07, 6.45) is 8.96. The predicted molar refractivity (Wildman–Crippen MR) is 99.3 cm³/mol. The molecule has 1 aromatic carbocycles. The Morgan fingerprint density at radius 2 is 2.00 bits per heavy atom. The molecule has 1 saturated heterocycles. The summed E-state index contributed by atoms with van der Waals surface area (Å²) in [7, 11) is 0. The van der Waals surface area contributed by atoms with E-state index in [0.29, 0.717) is 25.2 Å². The Morgan fingerprint density at radius 1 is 1.21 bits per heavy atom. The van der Waals surface area contributed by atoms with Crippen molar-refractivity contribution in [1.29, 1.82) is 0 Å². The van der Waals surface area contributed by atoms with Crippen LogP contribution in [0, 0.1) is 5.82 Å². The van der Waals surface area contributed by atoms with Crippen molar-refractivity contribution < 1.29 is 13.9 Å². The molecule has 1 atom stereocenters. The third-order valence-corrected chi connectivity index (χ3v) is 4.66. The fraction of sp³-hybridized carbons (Fsp3) is 0.300. The molecule has 0 bridgehead atoms. The summed E-state index contributed by atoms with van der Waals surface area (Å²) in [5.41, 5.74) is 1.75. The Bertz CT molecular complexity index is 913. The van der Waals surface area contributed by atoms with E-state index in [2.05, 4.69) is 15.0 Å². The molecule has 0 N–H and O–H groups in total. The molecule has 0 spiro atoms. The minimum absolute atomic E-state index is 0.0255. The third kappa shape index (κ3) is 4.33. The van der Waals surface area contributed by atoms with Gasteiger partial charge in [-0.15, -0.1) is 0 Å². The molecule has 1 aliphatic heterocycles. The van der Waals surface area contributed by atoms with Gasteiger partial charge in [0.15, 0.2) is 5.82 Å². The summed E-state index contributed by atoms with van der Waals surface area (Å²) in [6, 6.07) is 7.74. The molecule has 0 radical (unpaired) electrons. The van der Waals surface area contributed by atoms with Crippen LogP contribution in [0.5, 0.6) is 6.01 Å². The normalized spacial score (nSPS) is 16.8. The number of aromatic nitrogens is 4. The lowest BCUT2D eigenvalue weighted by Gasteiger charge is -2.32. The molecule has 7 nitrogen and oxygen atoms in total. The number of nitrogens with zero attached hydrogens (tertiary/aromatic N) is 5. The number of carbonyl (C=O) groups excluding carboxylic acids is 1. The monoisotopic (exact) mass is 381 g/mol. The highest BCUT2D eigenvalue weighted by atomic mass is 19.1. The van der Waals surface area contributed by atoms with Crippen molar-refractivity contribution in [3.05, 3.63) is 72.3 Å². The number of likely N-dealkylation sites (tertiary alicyclic amines) is 1. The van der Waals surface area contributed by atoms with Gasteiger partial charge in [-0.1, -0.05) is 12.1 Å². The molecular weight excluding hydrogens is 361 g/mol. The first kappa shape index (κ1) is 18.1. The zero-order valence-electron chi connectivity index (χ0n) is 15.2. The molecule has 144 valence electrons. The highest BCUT2D eigenvalue weighted by Crippen LogP contribution is 2.18. The summed E-state index contributed by atoms with van der Waals surface area (Å²) in [4.78, 5) is 26.3. The maximum atomic E-state index is 12.9. The number of imidazole rings is 1. The summed E-state index contributed by atoms with van der Waals surface area (Å²) in [6.45, 7) is 1.85. The fourth-order valence-electron chi connectivity index (χ4n) is 3.26. The van der Waals surface area contributed by atoms with Crippen LogP contribution in [0.4, 0.5) is 4.39 Å². The summed E-state index contributed by atoms with van der Waals surface area (Å²) < 4.78 is 20.6. The van der Waals surface area contributed by atoms with Gasteiger partial charge >= 0.3 is 6.01 Å². The van der Waals surface area contributed by atoms with Crippen LogP contribution in [0.15, 0.2) is 55.4 Å².